The van der Waals surface area contributed by atoms with Gasteiger partial charge in [-0.05, 0) is 12.3 Å². The maximum absolute atomic E-state index is 12.3. The van der Waals surface area contributed by atoms with Crippen LogP contribution in [0.2, 0.25) is 0 Å². The Balaban J connectivity index is 2.00. The highest BCUT2D eigenvalue weighted by atomic mass is 32.1. The number of rotatable bonds is 3. The molecule has 0 atom stereocenters. The van der Waals surface area contributed by atoms with Crippen LogP contribution in [0.4, 0.5) is 9.93 Å². The van der Waals surface area contributed by atoms with Gasteiger partial charge in [0.1, 0.15) is 0 Å². The van der Waals surface area contributed by atoms with Gasteiger partial charge in [-0.25, -0.2) is 9.78 Å². The minimum absolute atomic E-state index is 0.0122. The quantitative estimate of drug-likeness (QED) is 0.927. The van der Waals surface area contributed by atoms with Crippen LogP contribution < -0.4 is 5.32 Å². The lowest BCUT2D eigenvalue weighted by Crippen LogP contribution is -2.37. The molecular formula is C15H23N3O3S. The summed E-state index contributed by atoms with van der Waals surface area (Å²) in [6.45, 7) is 9.53. The Kier molecular flexibility index (Phi) is 5.05. The summed E-state index contributed by atoms with van der Waals surface area (Å²) in [5.74, 6) is 0.173. The predicted octanol–water partition coefficient (Wildman–Crippen LogP) is 3.03. The van der Waals surface area contributed by atoms with Crippen molar-refractivity contribution in [3.8, 4) is 0 Å². The highest BCUT2D eigenvalue weighted by Gasteiger charge is 2.27. The van der Waals surface area contributed by atoms with Crippen molar-refractivity contribution >= 4 is 28.5 Å². The van der Waals surface area contributed by atoms with E-state index in [1.807, 2.05) is 4.90 Å². The lowest BCUT2D eigenvalue weighted by atomic mass is 9.91. The number of carbonyl (C=O) groups excluding carboxylic acids is 2. The number of fused-ring (bicyclic) bond motifs is 1. The van der Waals surface area contributed by atoms with Crippen LogP contribution >= 0.6 is 11.3 Å². The van der Waals surface area contributed by atoms with Crippen molar-refractivity contribution < 1.29 is 14.3 Å². The normalized spacial score (nSPS) is 14.5. The SMILES string of the molecule is CCOC(=O)Nc1nc2c(s1)CN(C(=O)CC(C)(C)C)CC2. The number of carbonyl (C=O) groups is 2. The Morgan fingerprint density at radius 1 is 1.41 bits per heavy atom. The first-order chi connectivity index (χ1) is 10.3. The molecule has 0 saturated heterocycles. The molecule has 1 aromatic rings. The van der Waals surface area contributed by atoms with E-state index in [1.165, 1.54) is 11.3 Å². The van der Waals surface area contributed by atoms with Crippen LogP contribution in [0, 0.1) is 5.41 Å². The molecule has 2 amide bonds. The molecule has 0 saturated carbocycles. The van der Waals surface area contributed by atoms with Crippen LogP contribution in [0.5, 0.6) is 0 Å². The van der Waals surface area contributed by atoms with Crippen molar-refractivity contribution in [3.63, 3.8) is 0 Å². The van der Waals surface area contributed by atoms with Crippen molar-refractivity contribution in [2.75, 3.05) is 18.5 Å². The molecule has 22 heavy (non-hydrogen) atoms. The molecule has 6 nitrogen and oxygen atoms in total. The second-order valence-electron chi connectivity index (χ2n) is 6.54. The Morgan fingerprint density at radius 3 is 2.77 bits per heavy atom. The Morgan fingerprint density at radius 2 is 2.14 bits per heavy atom. The van der Waals surface area contributed by atoms with Crippen LogP contribution in [-0.2, 0) is 22.5 Å². The number of hydrogen-bond acceptors (Lipinski definition) is 5. The van der Waals surface area contributed by atoms with E-state index in [1.54, 1.807) is 6.92 Å². The first kappa shape index (κ1) is 16.7. The van der Waals surface area contributed by atoms with Gasteiger partial charge >= 0.3 is 6.09 Å². The standard InChI is InChI=1S/C15H23N3O3S/c1-5-21-14(20)17-13-16-10-6-7-18(9-11(10)22-13)12(19)8-15(2,3)4/h5-9H2,1-4H3,(H,16,17,20). The molecule has 1 aromatic heterocycles. The average Bonchev–Trinajstić information content (AvgIpc) is 2.77. The smallest absolute Gasteiger partial charge is 0.413 e. The zero-order valence-corrected chi connectivity index (χ0v) is 14.4. The zero-order chi connectivity index (χ0) is 16.3. The molecule has 7 heteroatoms. The molecule has 122 valence electrons. The topological polar surface area (TPSA) is 71.5 Å². The number of nitrogens with one attached hydrogen (secondary N) is 1. The Bertz CT molecular complexity index is 563. The Labute approximate surface area is 134 Å². The number of amides is 2. The van der Waals surface area contributed by atoms with Crippen LogP contribution in [-0.4, -0.2) is 35.0 Å². The summed E-state index contributed by atoms with van der Waals surface area (Å²) in [5.41, 5.74) is 0.957. The van der Waals surface area contributed by atoms with Gasteiger partial charge in [-0.2, -0.15) is 0 Å². The monoisotopic (exact) mass is 325 g/mol. The molecule has 1 N–H and O–H groups in total. The fourth-order valence-electron chi connectivity index (χ4n) is 2.28. The van der Waals surface area contributed by atoms with Crippen molar-refractivity contribution in [1.29, 1.82) is 0 Å². The molecule has 0 fully saturated rings. The van der Waals surface area contributed by atoms with Gasteiger partial charge in [-0.15, -0.1) is 0 Å². The largest absolute Gasteiger partial charge is 0.450 e. The van der Waals surface area contributed by atoms with Crippen molar-refractivity contribution in [2.45, 2.75) is 47.1 Å². The van der Waals surface area contributed by atoms with Crippen LogP contribution in [0.1, 0.15) is 44.7 Å². The molecule has 1 aliphatic heterocycles. The molecule has 1 aliphatic rings. The van der Waals surface area contributed by atoms with E-state index in [9.17, 15) is 9.59 Å². The second kappa shape index (κ2) is 6.64. The van der Waals surface area contributed by atoms with Gasteiger partial charge < -0.3 is 9.64 Å². The molecule has 2 heterocycles. The maximum atomic E-state index is 12.3. The summed E-state index contributed by atoms with van der Waals surface area (Å²) >= 11 is 1.41. The van der Waals surface area contributed by atoms with E-state index in [-0.39, 0.29) is 11.3 Å². The molecule has 0 aliphatic carbocycles. The highest BCUT2D eigenvalue weighted by Crippen LogP contribution is 2.30. The van der Waals surface area contributed by atoms with Crippen molar-refractivity contribution in [2.24, 2.45) is 5.41 Å². The first-order valence-electron chi connectivity index (χ1n) is 7.48. The Hall–Kier alpha value is -1.63. The van der Waals surface area contributed by atoms with Crippen LogP contribution in [0.25, 0.3) is 0 Å². The molecule has 0 aromatic carbocycles. The molecule has 0 radical (unpaired) electrons. The van der Waals surface area contributed by atoms with Crippen LogP contribution in [0.15, 0.2) is 0 Å². The predicted molar refractivity (Wildman–Crippen MR) is 86.0 cm³/mol. The van der Waals surface area contributed by atoms with Crippen molar-refractivity contribution in [1.82, 2.24) is 9.88 Å². The first-order valence-corrected chi connectivity index (χ1v) is 8.30. The molecule has 0 unspecified atom stereocenters. The molecule has 0 spiro atoms. The van der Waals surface area contributed by atoms with E-state index in [4.69, 9.17) is 4.74 Å². The average molecular weight is 325 g/mol. The van der Waals surface area contributed by atoms with Gasteiger partial charge in [0.05, 0.1) is 18.8 Å². The van der Waals surface area contributed by atoms with Gasteiger partial charge in [0.2, 0.25) is 5.91 Å². The number of hydrogen-bond donors (Lipinski definition) is 1. The lowest BCUT2D eigenvalue weighted by Gasteiger charge is -2.29. The third-order valence-electron chi connectivity index (χ3n) is 3.25. The molecule has 2 rings (SSSR count). The van der Waals surface area contributed by atoms with E-state index in [2.05, 4.69) is 31.1 Å². The fourth-order valence-corrected chi connectivity index (χ4v) is 3.29. The van der Waals surface area contributed by atoms with E-state index >= 15 is 0 Å². The summed E-state index contributed by atoms with van der Waals surface area (Å²) < 4.78 is 4.84. The number of thiazole rings is 1. The zero-order valence-electron chi connectivity index (χ0n) is 13.6. The number of anilines is 1. The summed E-state index contributed by atoms with van der Waals surface area (Å²) in [5, 5.41) is 3.16. The summed E-state index contributed by atoms with van der Waals surface area (Å²) in [6, 6.07) is 0. The highest BCUT2D eigenvalue weighted by molar-refractivity contribution is 7.15. The van der Waals surface area contributed by atoms with Gasteiger partial charge in [-0.3, -0.25) is 10.1 Å². The number of nitrogens with zero attached hydrogens (tertiary/aromatic N) is 2. The summed E-state index contributed by atoms with van der Waals surface area (Å²) in [7, 11) is 0. The van der Waals surface area contributed by atoms with Gasteiger partial charge in [0, 0.05) is 24.3 Å². The molecule has 0 bridgehead atoms. The minimum Gasteiger partial charge on any atom is -0.450 e. The van der Waals surface area contributed by atoms with E-state index < -0.39 is 6.09 Å². The minimum atomic E-state index is -0.491. The van der Waals surface area contributed by atoms with E-state index in [0.717, 1.165) is 17.0 Å². The second-order valence-corrected chi connectivity index (χ2v) is 7.62. The van der Waals surface area contributed by atoms with Gasteiger partial charge in [0.25, 0.3) is 0 Å². The van der Waals surface area contributed by atoms with Crippen molar-refractivity contribution in [3.05, 3.63) is 10.6 Å². The van der Waals surface area contributed by atoms with Gasteiger partial charge in [0.15, 0.2) is 5.13 Å². The number of ether oxygens (including phenoxy) is 1. The van der Waals surface area contributed by atoms with Crippen LogP contribution in [0.3, 0.4) is 0 Å². The summed E-state index contributed by atoms with van der Waals surface area (Å²) in [6.07, 6.45) is 0.774. The third kappa shape index (κ3) is 4.43. The fraction of sp³-hybridized carbons (Fsp3) is 0.667. The maximum Gasteiger partial charge on any atom is 0.413 e. The van der Waals surface area contributed by atoms with E-state index in [0.29, 0.717) is 31.2 Å². The third-order valence-corrected chi connectivity index (χ3v) is 4.25. The molecular weight excluding hydrogens is 302 g/mol. The summed E-state index contributed by atoms with van der Waals surface area (Å²) in [4.78, 5) is 31.1. The number of aromatic nitrogens is 1. The lowest BCUT2D eigenvalue weighted by molar-refractivity contribution is -0.133. The van der Waals surface area contributed by atoms with Gasteiger partial charge in [-0.1, -0.05) is 32.1 Å².